The number of halogens is 3. The van der Waals surface area contributed by atoms with Gasteiger partial charge in [0.15, 0.2) is 30.9 Å². The minimum Gasteiger partial charge on any atom is -0.743 e. The number of aryl methyl sites for hydroxylation is 1. The number of alkyl halides is 2. The highest BCUT2D eigenvalue weighted by Crippen LogP contribution is 2.67. The molecule has 1 aliphatic heterocycles. The minimum atomic E-state index is -5.86. The largest absolute Gasteiger partial charge is 0.743 e. The molecule has 602 valence electrons. The number of amides is 1. The first-order valence-corrected chi connectivity index (χ1v) is 41.4. The van der Waals surface area contributed by atoms with Crippen molar-refractivity contribution in [1.82, 2.24) is 0 Å². The number of cyclic esters (lactones) is 1. The molecule has 12 rings (SSSR count). The Hall–Kier alpha value is -8.01. The van der Waals surface area contributed by atoms with Gasteiger partial charge in [0.05, 0.1) is 44.7 Å². The summed E-state index contributed by atoms with van der Waals surface area (Å²) in [5.41, 5.74) is 0.506. The first-order chi connectivity index (χ1) is 51.5. The van der Waals surface area contributed by atoms with E-state index in [1.807, 2.05) is 96.9 Å². The van der Waals surface area contributed by atoms with Crippen LogP contribution < -0.4 is 10.1 Å². The lowest BCUT2D eigenvalue weighted by Gasteiger charge is -2.34. The molecule has 21 heteroatoms. The molecular formula is C89H118F3NO15S2. The number of nitrogens with one attached hydrogen (secondary N) is 1. The standard InChI is InChI=1S/C18H15S.C16H21FO2.C14H16O4.C12H17NO2.C12H18.C9H16F2O5S.C8H16O2/c1-4-10-16(11-5-1)19(17-12-6-2-7-13-17)18-14-8-3-9-15-18;1-5-15(2,3)14(18)19-16(4)9-8-11-10-12(17)6-7-13(11)16;1-4-14(2,3)13(16)18-10-5-6-11-9(7-10)8-17-12(11)15;1-4-12(2,3)11(15)13-9-6-5-7-10(14)8-9;1-2-8-5-7(1)11-9-3-4-10(6-9)12(8)11;1-5-8(3,4)7(12)16-6(2)9(10,11)17(13,14)15;1-5-8(3,4)7(9)10-6-2/h1-15H;6-7,10H,5,8-9H2,1-4H3;5-7H,4,8H2,1-3H3;5-8,14H,4H2,1-3H3,(H,13,15);7-12H,1-6H2;6H,5H2,1-4H3,(H,13,14,15);5-6H2,1-4H3/q+1;;;;;;/p-1. The third-order valence-corrected chi connectivity index (χ3v) is 26.2. The average molecular weight is 1560 g/mol. The van der Waals surface area contributed by atoms with Gasteiger partial charge in [-0.3, -0.25) is 24.0 Å². The fourth-order valence-electron chi connectivity index (χ4n) is 13.8. The fraction of sp³-hybridized carbons (Fsp3) is 0.528. The van der Waals surface area contributed by atoms with Crippen LogP contribution in [0.3, 0.4) is 0 Å². The van der Waals surface area contributed by atoms with Crippen molar-refractivity contribution in [1.29, 1.82) is 0 Å². The van der Waals surface area contributed by atoms with E-state index in [0.717, 1.165) is 48.8 Å². The van der Waals surface area contributed by atoms with Crippen LogP contribution in [0, 0.1) is 68.4 Å². The summed E-state index contributed by atoms with van der Waals surface area (Å²) in [5.74, 6) is 5.79. The van der Waals surface area contributed by atoms with Crippen LogP contribution >= 0.6 is 0 Å². The molecule has 2 N–H and O–H groups in total. The number of ether oxygens (including phenoxy) is 5. The van der Waals surface area contributed by atoms with E-state index in [2.05, 4.69) is 101 Å². The monoisotopic (exact) mass is 1560 g/mol. The molecule has 6 atom stereocenters. The van der Waals surface area contributed by atoms with Crippen molar-refractivity contribution in [2.24, 2.45) is 62.6 Å². The van der Waals surface area contributed by atoms with Crippen LogP contribution in [-0.2, 0) is 82.6 Å². The maximum absolute atomic E-state index is 13.2. The molecule has 0 spiro atoms. The zero-order valence-corrected chi connectivity index (χ0v) is 69.3. The second kappa shape index (κ2) is 39.0. The van der Waals surface area contributed by atoms with Gasteiger partial charge < -0.3 is 38.7 Å². The van der Waals surface area contributed by atoms with E-state index < -0.39 is 49.3 Å². The average Bonchev–Trinajstić information content (AvgIpc) is 1.57. The Morgan fingerprint density at radius 3 is 1.49 bits per heavy atom. The van der Waals surface area contributed by atoms with Gasteiger partial charge in [-0.25, -0.2) is 17.6 Å². The summed E-state index contributed by atoms with van der Waals surface area (Å²) >= 11 is 0. The molecular weight excluding hydrogens is 1440 g/mol. The number of rotatable bonds is 20. The van der Waals surface area contributed by atoms with Gasteiger partial charge >= 0.3 is 35.1 Å². The van der Waals surface area contributed by atoms with Crippen LogP contribution in [0.15, 0.2) is 166 Å². The summed E-state index contributed by atoms with van der Waals surface area (Å²) in [7, 11) is -5.87. The summed E-state index contributed by atoms with van der Waals surface area (Å²) in [6, 6.07) is 48.4. The van der Waals surface area contributed by atoms with E-state index in [4.69, 9.17) is 18.9 Å². The Morgan fingerprint density at radius 2 is 1.05 bits per heavy atom. The molecule has 0 radical (unpaired) electrons. The number of hydrogen-bond donors (Lipinski definition) is 2. The molecule has 6 aliphatic rings. The van der Waals surface area contributed by atoms with Gasteiger partial charge in [-0.2, -0.15) is 8.78 Å². The van der Waals surface area contributed by atoms with Crippen molar-refractivity contribution >= 4 is 62.5 Å². The van der Waals surface area contributed by atoms with Crippen LogP contribution in [0.1, 0.15) is 229 Å². The predicted octanol–water partition coefficient (Wildman–Crippen LogP) is 20.8. The SMILES string of the molecule is C1CC2CC1C1C3CCC(C3)C21.CCC(C)(C)C(=O)Nc1cccc(O)c1.CCC(C)(C)C(=O)OC(C)C(F)(F)S(=O)(=O)[O-].CCC(C)(C)C(=O)OC1(C)CCc2cc(F)ccc21.CCC(C)(C)C(=O)Oc1ccc2c(c1)COC2=O.CCOC(=O)C(C)(C)CC.c1ccc([S+](c2ccccc2)c2ccccc2)cc1. The zero-order valence-electron chi connectivity index (χ0n) is 67.7. The molecule has 0 aromatic heterocycles. The maximum atomic E-state index is 13.2. The van der Waals surface area contributed by atoms with Crippen LogP contribution in [0.2, 0.25) is 0 Å². The number of anilines is 1. The lowest BCUT2D eigenvalue weighted by atomic mass is 9.71. The Balaban J connectivity index is 0.000000202. The molecule has 6 aromatic rings. The summed E-state index contributed by atoms with van der Waals surface area (Å²) in [5, 5.41) is 7.38. The van der Waals surface area contributed by atoms with Crippen LogP contribution in [-0.4, -0.2) is 71.8 Å². The Morgan fingerprint density at radius 1 is 0.591 bits per heavy atom. The maximum Gasteiger partial charge on any atom is 0.369 e. The second-order valence-electron chi connectivity index (χ2n) is 32.7. The molecule has 0 saturated heterocycles. The van der Waals surface area contributed by atoms with E-state index in [1.54, 1.807) is 94.0 Å². The summed E-state index contributed by atoms with van der Waals surface area (Å²) < 4.78 is 95.3. The fourth-order valence-corrected chi connectivity index (χ4v) is 16.4. The number of aromatic hydroxyl groups is 1. The number of carbonyl (C=O) groups is 6. The number of phenols is 1. The molecule has 4 bridgehead atoms. The number of phenolic OH excluding ortho intramolecular Hbond substituents is 1. The minimum absolute atomic E-state index is 0.0146. The van der Waals surface area contributed by atoms with Gasteiger partial charge in [0.25, 0.3) is 0 Å². The van der Waals surface area contributed by atoms with Crippen molar-refractivity contribution in [3.8, 4) is 11.5 Å². The van der Waals surface area contributed by atoms with E-state index in [9.17, 15) is 60.0 Å². The second-order valence-corrected chi connectivity index (χ2v) is 36.2. The topological polar surface area (TPSA) is 238 Å². The van der Waals surface area contributed by atoms with Crippen molar-refractivity contribution < 1.29 is 83.7 Å². The highest BCUT2D eigenvalue weighted by atomic mass is 32.2. The number of fused-ring (bicyclic) bond motifs is 11. The van der Waals surface area contributed by atoms with Gasteiger partial charge in [0.1, 0.15) is 29.5 Å². The van der Waals surface area contributed by atoms with Gasteiger partial charge in [0, 0.05) is 22.7 Å². The Labute approximate surface area is 654 Å². The van der Waals surface area contributed by atoms with E-state index in [0.29, 0.717) is 43.4 Å². The molecule has 1 heterocycles. The first kappa shape index (κ1) is 90.9. The summed E-state index contributed by atoms with van der Waals surface area (Å²) in [6.45, 7) is 32.6. The normalized spacial score (nSPS) is 20.1. The smallest absolute Gasteiger partial charge is 0.369 e. The highest BCUT2D eigenvalue weighted by Gasteiger charge is 2.59. The quantitative estimate of drug-likeness (QED) is 0.0180. The molecule has 6 unspecified atom stereocenters. The number of esters is 5. The lowest BCUT2D eigenvalue weighted by Crippen LogP contribution is -2.44. The molecule has 6 aromatic carbocycles. The third-order valence-electron chi connectivity index (χ3n) is 23.0. The van der Waals surface area contributed by atoms with E-state index in [1.165, 1.54) is 76.2 Å². The summed E-state index contributed by atoms with van der Waals surface area (Å²) in [6.07, 6.45) is 12.2. The Bertz CT molecular complexity index is 4030. The van der Waals surface area contributed by atoms with Crippen LogP contribution in [0.4, 0.5) is 18.9 Å². The predicted molar refractivity (Wildman–Crippen MR) is 423 cm³/mol. The Kier molecular flexibility index (Phi) is 32.2. The first-order valence-electron chi connectivity index (χ1n) is 38.7. The summed E-state index contributed by atoms with van der Waals surface area (Å²) in [4.78, 5) is 73.8. The van der Waals surface area contributed by atoms with Gasteiger partial charge in [0.2, 0.25) is 5.91 Å². The molecule has 4 fully saturated rings. The van der Waals surface area contributed by atoms with Crippen LogP contribution in [0.5, 0.6) is 11.5 Å². The third kappa shape index (κ3) is 23.8. The highest BCUT2D eigenvalue weighted by molar-refractivity contribution is 7.97. The van der Waals surface area contributed by atoms with Crippen molar-refractivity contribution in [3.63, 3.8) is 0 Å². The molecule has 110 heavy (non-hydrogen) atoms. The van der Waals surface area contributed by atoms with E-state index >= 15 is 0 Å². The van der Waals surface area contributed by atoms with Crippen molar-refractivity contribution in [2.75, 3.05) is 11.9 Å². The van der Waals surface area contributed by atoms with Gasteiger partial charge in [-0.05, 0) is 285 Å². The zero-order chi connectivity index (χ0) is 82.0. The van der Waals surface area contributed by atoms with Crippen molar-refractivity contribution in [3.05, 3.63) is 180 Å². The van der Waals surface area contributed by atoms with Crippen LogP contribution in [0.25, 0.3) is 0 Å². The molecule has 5 aliphatic carbocycles. The lowest BCUT2D eigenvalue weighted by molar-refractivity contribution is -0.170. The number of benzene rings is 6. The van der Waals surface area contributed by atoms with Gasteiger partial charge in [-0.15, -0.1) is 0 Å². The number of carbonyl (C=O) groups excluding carboxylic acids is 6. The van der Waals surface area contributed by atoms with E-state index in [-0.39, 0.29) is 69.7 Å². The van der Waals surface area contributed by atoms with Crippen molar-refractivity contribution in [2.45, 2.75) is 246 Å². The number of hydrogen-bond acceptors (Lipinski definition) is 15. The molecule has 4 saturated carbocycles. The molecule has 16 nitrogen and oxygen atoms in total. The molecule has 1 amide bonds. The van der Waals surface area contributed by atoms with Gasteiger partial charge in [-0.1, -0.05) is 115 Å².